The van der Waals surface area contributed by atoms with Gasteiger partial charge in [0.15, 0.2) is 0 Å². The van der Waals surface area contributed by atoms with E-state index in [9.17, 15) is 4.79 Å². The SMILES string of the molecule is CN(C)CCCCCOC(=O)O. The van der Waals surface area contributed by atoms with Crippen LogP contribution in [-0.4, -0.2) is 43.4 Å². The highest BCUT2D eigenvalue weighted by atomic mass is 16.7. The molecule has 0 aromatic heterocycles. The van der Waals surface area contributed by atoms with E-state index in [2.05, 4.69) is 9.64 Å². The number of ether oxygens (including phenoxy) is 1. The highest BCUT2D eigenvalue weighted by Crippen LogP contribution is 1.96. The Labute approximate surface area is 73.1 Å². The Morgan fingerprint density at radius 1 is 1.33 bits per heavy atom. The molecule has 4 heteroatoms. The van der Waals surface area contributed by atoms with Gasteiger partial charge in [-0.2, -0.15) is 0 Å². The molecule has 0 aliphatic heterocycles. The summed E-state index contributed by atoms with van der Waals surface area (Å²) in [6.45, 7) is 1.37. The van der Waals surface area contributed by atoms with Crippen molar-refractivity contribution in [3.8, 4) is 0 Å². The lowest BCUT2D eigenvalue weighted by Gasteiger charge is -2.08. The second-order valence-electron chi connectivity index (χ2n) is 2.98. The third kappa shape index (κ3) is 9.23. The van der Waals surface area contributed by atoms with Gasteiger partial charge in [0.1, 0.15) is 0 Å². The van der Waals surface area contributed by atoms with Crippen LogP contribution >= 0.6 is 0 Å². The Balaban J connectivity index is 2.96. The summed E-state index contributed by atoms with van der Waals surface area (Å²) in [5.74, 6) is 0. The molecule has 0 unspecified atom stereocenters. The van der Waals surface area contributed by atoms with Gasteiger partial charge in [0.25, 0.3) is 0 Å². The van der Waals surface area contributed by atoms with Crippen molar-refractivity contribution < 1.29 is 14.6 Å². The standard InChI is InChI=1S/C8H17NO3/c1-9(2)6-4-3-5-7-12-8(10)11/h3-7H2,1-2H3,(H,10,11). The Hall–Kier alpha value is -0.770. The molecular formula is C8H17NO3. The molecule has 0 saturated heterocycles. The summed E-state index contributed by atoms with van der Waals surface area (Å²) in [7, 11) is 4.04. The molecule has 0 atom stereocenters. The van der Waals surface area contributed by atoms with E-state index in [0.29, 0.717) is 6.61 Å². The first kappa shape index (κ1) is 11.2. The van der Waals surface area contributed by atoms with Crippen LogP contribution in [0.3, 0.4) is 0 Å². The monoisotopic (exact) mass is 175 g/mol. The predicted molar refractivity (Wildman–Crippen MR) is 46.4 cm³/mol. The average molecular weight is 175 g/mol. The Bertz CT molecular complexity index is 125. The smallest absolute Gasteiger partial charge is 0.450 e. The Morgan fingerprint density at radius 3 is 2.50 bits per heavy atom. The molecular weight excluding hydrogens is 158 g/mol. The van der Waals surface area contributed by atoms with E-state index in [4.69, 9.17) is 5.11 Å². The molecule has 0 heterocycles. The van der Waals surface area contributed by atoms with Crippen LogP contribution in [0.1, 0.15) is 19.3 Å². The zero-order valence-electron chi connectivity index (χ0n) is 7.75. The number of rotatable bonds is 6. The van der Waals surface area contributed by atoms with Gasteiger partial charge in [0.2, 0.25) is 0 Å². The largest absolute Gasteiger partial charge is 0.505 e. The van der Waals surface area contributed by atoms with E-state index in [0.717, 1.165) is 25.8 Å². The first-order chi connectivity index (χ1) is 5.63. The van der Waals surface area contributed by atoms with E-state index in [-0.39, 0.29) is 0 Å². The van der Waals surface area contributed by atoms with Crippen LogP contribution in [-0.2, 0) is 4.74 Å². The van der Waals surface area contributed by atoms with Crippen molar-refractivity contribution in [1.82, 2.24) is 4.90 Å². The number of hydrogen-bond acceptors (Lipinski definition) is 3. The van der Waals surface area contributed by atoms with Gasteiger partial charge in [-0.25, -0.2) is 4.79 Å². The molecule has 0 aromatic rings. The first-order valence-corrected chi connectivity index (χ1v) is 4.13. The van der Waals surface area contributed by atoms with Crippen molar-refractivity contribution in [3.05, 3.63) is 0 Å². The quantitative estimate of drug-likeness (QED) is 0.490. The highest BCUT2D eigenvalue weighted by Gasteiger charge is 1.95. The highest BCUT2D eigenvalue weighted by molar-refractivity contribution is 5.56. The molecule has 72 valence electrons. The maximum Gasteiger partial charge on any atom is 0.505 e. The molecule has 0 fully saturated rings. The Kier molecular flexibility index (Phi) is 6.47. The van der Waals surface area contributed by atoms with Gasteiger partial charge in [0.05, 0.1) is 6.61 Å². The third-order valence-electron chi connectivity index (χ3n) is 1.48. The lowest BCUT2D eigenvalue weighted by molar-refractivity contribution is 0.0898. The third-order valence-corrected chi connectivity index (χ3v) is 1.48. The summed E-state index contributed by atoms with van der Waals surface area (Å²) >= 11 is 0. The van der Waals surface area contributed by atoms with E-state index < -0.39 is 6.16 Å². The van der Waals surface area contributed by atoms with Crippen molar-refractivity contribution in [1.29, 1.82) is 0 Å². The van der Waals surface area contributed by atoms with Gasteiger partial charge in [-0.15, -0.1) is 0 Å². The van der Waals surface area contributed by atoms with E-state index >= 15 is 0 Å². The van der Waals surface area contributed by atoms with Gasteiger partial charge in [0, 0.05) is 0 Å². The van der Waals surface area contributed by atoms with Crippen LogP contribution < -0.4 is 0 Å². The number of carbonyl (C=O) groups is 1. The molecule has 0 amide bonds. The molecule has 12 heavy (non-hydrogen) atoms. The molecule has 0 bridgehead atoms. The van der Waals surface area contributed by atoms with Crippen molar-refractivity contribution >= 4 is 6.16 Å². The fourth-order valence-corrected chi connectivity index (χ4v) is 0.866. The Morgan fingerprint density at radius 2 is 2.00 bits per heavy atom. The molecule has 1 N–H and O–H groups in total. The van der Waals surface area contributed by atoms with Crippen molar-refractivity contribution in [3.63, 3.8) is 0 Å². The van der Waals surface area contributed by atoms with E-state index in [1.807, 2.05) is 14.1 Å². The van der Waals surface area contributed by atoms with Crippen LogP contribution in [0.2, 0.25) is 0 Å². The summed E-state index contributed by atoms with van der Waals surface area (Å²) in [6, 6.07) is 0. The second kappa shape index (κ2) is 6.91. The van der Waals surface area contributed by atoms with Crippen LogP contribution in [0.15, 0.2) is 0 Å². The van der Waals surface area contributed by atoms with Crippen LogP contribution in [0, 0.1) is 0 Å². The van der Waals surface area contributed by atoms with Crippen molar-refractivity contribution in [2.45, 2.75) is 19.3 Å². The van der Waals surface area contributed by atoms with Gasteiger partial charge in [-0.05, 0) is 39.9 Å². The van der Waals surface area contributed by atoms with Gasteiger partial charge >= 0.3 is 6.16 Å². The van der Waals surface area contributed by atoms with Gasteiger partial charge < -0.3 is 14.7 Å². The van der Waals surface area contributed by atoms with E-state index in [1.165, 1.54) is 0 Å². The number of nitrogens with zero attached hydrogens (tertiary/aromatic N) is 1. The van der Waals surface area contributed by atoms with Crippen molar-refractivity contribution in [2.24, 2.45) is 0 Å². The van der Waals surface area contributed by atoms with Crippen LogP contribution in [0.25, 0.3) is 0 Å². The average Bonchev–Trinajstić information content (AvgIpc) is 1.95. The molecule has 0 saturated carbocycles. The molecule has 0 rings (SSSR count). The van der Waals surface area contributed by atoms with Crippen LogP contribution in [0.4, 0.5) is 4.79 Å². The normalized spacial score (nSPS) is 10.2. The fraction of sp³-hybridized carbons (Fsp3) is 0.875. The number of hydrogen-bond donors (Lipinski definition) is 1. The van der Waals surface area contributed by atoms with Gasteiger partial charge in [-0.3, -0.25) is 0 Å². The maximum atomic E-state index is 9.91. The number of carboxylic acid groups (broad SMARTS) is 1. The minimum absolute atomic E-state index is 0.322. The molecule has 0 aromatic carbocycles. The summed E-state index contributed by atoms with van der Waals surface area (Å²) in [6.07, 6.45) is 1.75. The van der Waals surface area contributed by atoms with Gasteiger partial charge in [-0.1, -0.05) is 0 Å². The maximum absolute atomic E-state index is 9.91. The predicted octanol–water partition coefficient (Wildman–Crippen LogP) is 1.41. The molecule has 0 aliphatic rings. The summed E-state index contributed by atoms with van der Waals surface area (Å²) in [5, 5.41) is 8.13. The minimum atomic E-state index is -1.18. The molecule has 0 aliphatic carbocycles. The molecule has 0 spiro atoms. The zero-order valence-corrected chi connectivity index (χ0v) is 7.75. The molecule has 4 nitrogen and oxygen atoms in total. The fourth-order valence-electron chi connectivity index (χ4n) is 0.866. The second-order valence-corrected chi connectivity index (χ2v) is 2.98. The topological polar surface area (TPSA) is 49.8 Å². The lowest BCUT2D eigenvalue weighted by Crippen LogP contribution is -2.13. The zero-order chi connectivity index (χ0) is 9.40. The lowest BCUT2D eigenvalue weighted by atomic mass is 10.2. The first-order valence-electron chi connectivity index (χ1n) is 4.13. The summed E-state index contributed by atoms with van der Waals surface area (Å²) in [5.41, 5.74) is 0. The summed E-state index contributed by atoms with van der Waals surface area (Å²) < 4.78 is 4.35. The van der Waals surface area contributed by atoms with Crippen LogP contribution in [0.5, 0.6) is 0 Å². The minimum Gasteiger partial charge on any atom is -0.450 e. The summed E-state index contributed by atoms with van der Waals surface area (Å²) in [4.78, 5) is 12.0. The van der Waals surface area contributed by atoms with Crippen molar-refractivity contribution in [2.75, 3.05) is 27.2 Å². The van der Waals surface area contributed by atoms with E-state index in [1.54, 1.807) is 0 Å². The number of unbranched alkanes of at least 4 members (excludes halogenated alkanes) is 2. The molecule has 0 radical (unpaired) electrons.